The maximum absolute atomic E-state index is 11.6. The summed E-state index contributed by atoms with van der Waals surface area (Å²) in [6.07, 6.45) is 4.89. The lowest BCUT2D eigenvalue weighted by molar-refractivity contribution is -0.126. The lowest BCUT2D eigenvalue weighted by atomic mass is 9.95. The van der Waals surface area contributed by atoms with Crippen LogP contribution < -0.4 is 5.32 Å². The van der Waals surface area contributed by atoms with Gasteiger partial charge in [0.05, 0.1) is 0 Å². The van der Waals surface area contributed by atoms with E-state index in [4.69, 9.17) is 4.74 Å². The molecule has 1 fully saturated rings. The van der Waals surface area contributed by atoms with Gasteiger partial charge in [0.2, 0.25) is 5.91 Å². The van der Waals surface area contributed by atoms with Crippen LogP contribution in [0.15, 0.2) is 0 Å². The molecule has 0 aromatic rings. The van der Waals surface area contributed by atoms with Crippen molar-refractivity contribution < 1.29 is 9.53 Å². The van der Waals surface area contributed by atoms with E-state index in [-0.39, 0.29) is 12.5 Å². The number of nitrogens with one attached hydrogen (secondary N) is 1. The van der Waals surface area contributed by atoms with E-state index in [0.29, 0.717) is 17.9 Å². The Morgan fingerprint density at radius 3 is 2.81 bits per heavy atom. The Balaban J connectivity index is 2.33. The smallest absolute Gasteiger partial charge is 0.246 e. The van der Waals surface area contributed by atoms with E-state index < -0.39 is 0 Å². The van der Waals surface area contributed by atoms with Gasteiger partial charge in [0, 0.05) is 17.9 Å². The minimum Gasteiger partial charge on any atom is -0.372 e. The van der Waals surface area contributed by atoms with Crippen molar-refractivity contribution in [1.82, 2.24) is 5.32 Å². The second-order valence-electron chi connectivity index (χ2n) is 4.09. The summed E-state index contributed by atoms with van der Waals surface area (Å²) in [6, 6.07) is 0.353. The van der Waals surface area contributed by atoms with Crippen LogP contribution in [-0.4, -0.2) is 36.2 Å². The largest absolute Gasteiger partial charge is 0.372 e. The topological polar surface area (TPSA) is 38.3 Å². The first kappa shape index (κ1) is 13.8. The molecule has 1 N–H and O–H groups in total. The summed E-state index contributed by atoms with van der Waals surface area (Å²) >= 11 is 1.97. The highest BCUT2D eigenvalue weighted by atomic mass is 32.2. The molecule has 94 valence electrons. The number of hydrogen-bond acceptors (Lipinski definition) is 3. The van der Waals surface area contributed by atoms with E-state index in [2.05, 4.69) is 12.2 Å². The van der Waals surface area contributed by atoms with Gasteiger partial charge in [-0.05, 0) is 25.5 Å². The molecule has 0 aromatic carbocycles. The van der Waals surface area contributed by atoms with Crippen molar-refractivity contribution in [2.75, 3.05) is 19.0 Å². The van der Waals surface area contributed by atoms with Gasteiger partial charge in [0.1, 0.15) is 6.61 Å². The van der Waals surface area contributed by atoms with Gasteiger partial charge >= 0.3 is 0 Å². The molecule has 0 bridgehead atoms. The fourth-order valence-electron chi connectivity index (χ4n) is 2.12. The Kier molecular flexibility index (Phi) is 6.88. The third-order valence-electron chi connectivity index (χ3n) is 2.87. The summed E-state index contributed by atoms with van der Waals surface area (Å²) in [4.78, 5) is 11.6. The van der Waals surface area contributed by atoms with E-state index in [0.717, 1.165) is 12.2 Å². The maximum Gasteiger partial charge on any atom is 0.246 e. The summed E-state index contributed by atoms with van der Waals surface area (Å²) in [5, 5.41) is 3.71. The third kappa shape index (κ3) is 4.74. The molecular weight excluding hydrogens is 222 g/mol. The number of hydrogen-bond donors (Lipinski definition) is 1. The van der Waals surface area contributed by atoms with Gasteiger partial charge in [0.15, 0.2) is 0 Å². The van der Waals surface area contributed by atoms with Crippen molar-refractivity contribution in [3.05, 3.63) is 0 Å². The zero-order valence-electron chi connectivity index (χ0n) is 10.3. The Bertz CT molecular complexity index is 209. The fourth-order valence-corrected chi connectivity index (χ4v) is 3.32. The second-order valence-corrected chi connectivity index (χ2v) is 5.61. The summed E-state index contributed by atoms with van der Waals surface area (Å²) in [7, 11) is 0. The Morgan fingerprint density at radius 2 is 2.12 bits per heavy atom. The standard InChI is InChI=1S/C12H23NO2S/c1-3-15-9-12(14)13-10-7-5-6-8-11(10)16-4-2/h10-11H,3-9H2,1-2H3,(H,13,14)/t10-,11-/m0/s1. The average Bonchev–Trinajstić information content (AvgIpc) is 2.29. The number of thioether (sulfide) groups is 1. The summed E-state index contributed by atoms with van der Waals surface area (Å²) < 4.78 is 5.11. The molecular formula is C12H23NO2S. The van der Waals surface area contributed by atoms with Crippen LogP contribution in [0.1, 0.15) is 39.5 Å². The minimum atomic E-state index is 0.0375. The highest BCUT2D eigenvalue weighted by Gasteiger charge is 2.26. The van der Waals surface area contributed by atoms with Gasteiger partial charge in [-0.2, -0.15) is 11.8 Å². The van der Waals surface area contributed by atoms with Crippen LogP contribution >= 0.6 is 11.8 Å². The van der Waals surface area contributed by atoms with Crippen LogP contribution in [0.2, 0.25) is 0 Å². The second kappa shape index (κ2) is 7.96. The van der Waals surface area contributed by atoms with Crippen molar-refractivity contribution in [2.45, 2.75) is 50.8 Å². The summed E-state index contributed by atoms with van der Waals surface area (Å²) in [5.74, 6) is 1.16. The normalized spacial score (nSPS) is 25.4. The molecule has 1 aliphatic carbocycles. The van der Waals surface area contributed by atoms with Crippen LogP contribution in [0, 0.1) is 0 Å². The first-order valence-electron chi connectivity index (χ1n) is 6.26. The Morgan fingerprint density at radius 1 is 1.38 bits per heavy atom. The lowest BCUT2D eigenvalue weighted by Gasteiger charge is -2.31. The molecule has 0 spiro atoms. The van der Waals surface area contributed by atoms with Crippen LogP contribution in [0.4, 0.5) is 0 Å². The van der Waals surface area contributed by atoms with Crippen LogP contribution in [0.5, 0.6) is 0 Å². The summed E-state index contributed by atoms with van der Waals surface area (Å²) in [6.45, 7) is 4.89. The first-order valence-corrected chi connectivity index (χ1v) is 7.31. The van der Waals surface area contributed by atoms with Crippen LogP contribution in [0.3, 0.4) is 0 Å². The molecule has 0 aromatic heterocycles. The molecule has 1 rings (SSSR count). The van der Waals surface area contributed by atoms with Crippen molar-refractivity contribution in [3.63, 3.8) is 0 Å². The molecule has 1 saturated carbocycles. The van der Waals surface area contributed by atoms with E-state index in [9.17, 15) is 4.79 Å². The quantitative estimate of drug-likeness (QED) is 0.779. The van der Waals surface area contributed by atoms with Crippen LogP contribution in [-0.2, 0) is 9.53 Å². The van der Waals surface area contributed by atoms with Crippen molar-refractivity contribution in [1.29, 1.82) is 0 Å². The molecule has 0 radical (unpaired) electrons. The lowest BCUT2D eigenvalue weighted by Crippen LogP contribution is -2.45. The van der Waals surface area contributed by atoms with Crippen molar-refractivity contribution in [3.8, 4) is 0 Å². The Hall–Kier alpha value is -0.220. The molecule has 1 amide bonds. The first-order chi connectivity index (χ1) is 7.77. The Labute approximate surface area is 103 Å². The van der Waals surface area contributed by atoms with Gasteiger partial charge in [0.25, 0.3) is 0 Å². The van der Waals surface area contributed by atoms with Crippen LogP contribution in [0.25, 0.3) is 0 Å². The molecule has 1 aliphatic rings. The van der Waals surface area contributed by atoms with E-state index in [1.54, 1.807) is 0 Å². The molecule has 0 aliphatic heterocycles. The molecule has 0 heterocycles. The van der Waals surface area contributed by atoms with Crippen molar-refractivity contribution in [2.24, 2.45) is 0 Å². The predicted octanol–water partition coefficient (Wildman–Crippen LogP) is 2.20. The van der Waals surface area contributed by atoms with E-state index >= 15 is 0 Å². The molecule has 3 nitrogen and oxygen atoms in total. The molecule has 2 atom stereocenters. The maximum atomic E-state index is 11.6. The average molecular weight is 245 g/mol. The number of rotatable bonds is 6. The fraction of sp³-hybridized carbons (Fsp3) is 0.917. The monoisotopic (exact) mass is 245 g/mol. The number of amides is 1. The number of carbonyl (C=O) groups excluding carboxylic acids is 1. The minimum absolute atomic E-state index is 0.0375. The highest BCUT2D eigenvalue weighted by Crippen LogP contribution is 2.28. The zero-order valence-corrected chi connectivity index (χ0v) is 11.1. The molecule has 0 unspecified atom stereocenters. The SMILES string of the molecule is CCOCC(=O)N[C@H]1CCCC[C@@H]1SCC. The third-order valence-corrected chi connectivity index (χ3v) is 4.19. The molecule has 0 saturated heterocycles. The van der Waals surface area contributed by atoms with Gasteiger partial charge < -0.3 is 10.1 Å². The van der Waals surface area contributed by atoms with E-state index in [1.165, 1.54) is 19.3 Å². The van der Waals surface area contributed by atoms with Crippen molar-refractivity contribution >= 4 is 17.7 Å². The summed E-state index contributed by atoms with van der Waals surface area (Å²) in [5.41, 5.74) is 0. The van der Waals surface area contributed by atoms with E-state index in [1.807, 2.05) is 18.7 Å². The van der Waals surface area contributed by atoms with Gasteiger partial charge in [-0.1, -0.05) is 19.8 Å². The van der Waals surface area contributed by atoms with Gasteiger partial charge in [-0.15, -0.1) is 0 Å². The zero-order chi connectivity index (χ0) is 11.8. The molecule has 16 heavy (non-hydrogen) atoms. The molecule has 4 heteroatoms. The van der Waals surface area contributed by atoms with Gasteiger partial charge in [-0.3, -0.25) is 4.79 Å². The van der Waals surface area contributed by atoms with Gasteiger partial charge in [-0.25, -0.2) is 0 Å². The number of ether oxygens (including phenoxy) is 1. The highest BCUT2D eigenvalue weighted by molar-refractivity contribution is 7.99. The predicted molar refractivity (Wildman–Crippen MR) is 68.8 cm³/mol. The number of carbonyl (C=O) groups is 1.